The molecule has 1 saturated heterocycles. The minimum absolute atomic E-state index is 0. The molecule has 0 aromatic heterocycles. The van der Waals surface area contributed by atoms with Crippen LogP contribution in [0.2, 0.25) is 0 Å². The molecule has 1 fully saturated rings. The van der Waals surface area contributed by atoms with Crippen molar-refractivity contribution in [2.75, 3.05) is 25.9 Å². The lowest BCUT2D eigenvalue weighted by atomic mass is 9.89. The zero-order valence-corrected chi connectivity index (χ0v) is 13.8. The van der Waals surface area contributed by atoms with Gasteiger partial charge in [-0.2, -0.15) is 0 Å². The first-order valence-electron chi connectivity index (χ1n) is 6.81. The van der Waals surface area contributed by atoms with Gasteiger partial charge in [-0.25, -0.2) is 12.8 Å². The lowest BCUT2D eigenvalue weighted by molar-refractivity contribution is -0.884. The summed E-state index contributed by atoms with van der Waals surface area (Å²) >= 11 is 0. The molecule has 2 rings (SSSR count). The Balaban J connectivity index is 0.00000220. The molecule has 0 bridgehead atoms. The number of likely N-dealkylation sites (tertiary alicyclic amines) is 1. The number of hydrogen-bond donors (Lipinski definition) is 0. The van der Waals surface area contributed by atoms with Gasteiger partial charge in [-0.15, -0.1) is 12.4 Å². The average molecular weight is 338 g/mol. The number of hydroxylamine groups is 3. The highest BCUT2D eigenvalue weighted by molar-refractivity contribution is 7.90. The van der Waals surface area contributed by atoms with Crippen LogP contribution in [-0.4, -0.2) is 39.0 Å². The fraction of sp³-hybridized carbons (Fsp3) is 0.571. The molecule has 120 valence electrons. The maximum absolute atomic E-state index is 13.6. The Labute approximate surface area is 131 Å². The molecular formula is C14H21ClFNO3S. The number of hydrogen-bond acceptors (Lipinski definition) is 3. The SMILES string of the molecule is CC[N+]1([O-])CCC(c2cc(F)cc(S(C)(=O)=O)c2)CC1.Cl. The summed E-state index contributed by atoms with van der Waals surface area (Å²) in [6.07, 6.45) is 2.41. The molecule has 0 saturated carbocycles. The van der Waals surface area contributed by atoms with E-state index in [0.717, 1.165) is 12.3 Å². The Morgan fingerprint density at radius 1 is 1.29 bits per heavy atom. The van der Waals surface area contributed by atoms with Gasteiger partial charge in [0.2, 0.25) is 0 Å². The number of halogens is 2. The molecule has 0 amide bonds. The number of piperidine rings is 1. The van der Waals surface area contributed by atoms with E-state index in [1.54, 1.807) is 6.07 Å². The second-order valence-corrected chi connectivity index (χ2v) is 7.60. The first-order chi connectivity index (χ1) is 9.23. The number of sulfone groups is 1. The molecule has 1 aliphatic heterocycles. The average Bonchev–Trinajstić information content (AvgIpc) is 2.38. The van der Waals surface area contributed by atoms with E-state index in [4.69, 9.17) is 0 Å². The van der Waals surface area contributed by atoms with E-state index in [0.29, 0.717) is 38.0 Å². The highest BCUT2D eigenvalue weighted by Crippen LogP contribution is 2.32. The van der Waals surface area contributed by atoms with Crippen LogP contribution in [0.5, 0.6) is 0 Å². The molecule has 0 spiro atoms. The highest BCUT2D eigenvalue weighted by Gasteiger charge is 2.27. The van der Waals surface area contributed by atoms with E-state index < -0.39 is 15.7 Å². The van der Waals surface area contributed by atoms with Gasteiger partial charge >= 0.3 is 0 Å². The van der Waals surface area contributed by atoms with Crippen molar-refractivity contribution in [1.82, 2.24) is 0 Å². The van der Waals surface area contributed by atoms with Crippen LogP contribution in [0, 0.1) is 11.0 Å². The van der Waals surface area contributed by atoms with Crippen molar-refractivity contribution < 1.29 is 17.5 Å². The van der Waals surface area contributed by atoms with E-state index in [2.05, 4.69) is 0 Å². The van der Waals surface area contributed by atoms with E-state index in [1.165, 1.54) is 6.07 Å². The number of quaternary nitrogens is 1. The van der Waals surface area contributed by atoms with E-state index in [9.17, 15) is 18.0 Å². The predicted octanol–water partition coefficient (Wildman–Crippen LogP) is 2.86. The number of nitrogens with zero attached hydrogens (tertiary/aromatic N) is 1. The molecule has 1 aliphatic rings. The molecule has 0 radical (unpaired) electrons. The van der Waals surface area contributed by atoms with E-state index in [-0.39, 0.29) is 27.9 Å². The maximum atomic E-state index is 13.6. The van der Waals surface area contributed by atoms with Crippen LogP contribution in [0.15, 0.2) is 23.1 Å². The fourth-order valence-electron chi connectivity index (χ4n) is 2.72. The molecule has 0 atom stereocenters. The van der Waals surface area contributed by atoms with Gasteiger partial charge in [-0.05, 0) is 36.6 Å². The molecule has 4 nitrogen and oxygen atoms in total. The second-order valence-electron chi connectivity index (χ2n) is 5.59. The van der Waals surface area contributed by atoms with Crippen molar-refractivity contribution in [3.63, 3.8) is 0 Å². The maximum Gasteiger partial charge on any atom is 0.175 e. The third-order valence-electron chi connectivity index (χ3n) is 4.14. The fourth-order valence-corrected chi connectivity index (χ4v) is 3.40. The summed E-state index contributed by atoms with van der Waals surface area (Å²) in [7, 11) is -3.42. The predicted molar refractivity (Wildman–Crippen MR) is 82.6 cm³/mol. The summed E-state index contributed by atoms with van der Waals surface area (Å²) in [5.74, 6) is -0.468. The summed E-state index contributed by atoms with van der Waals surface area (Å²) in [5.41, 5.74) is 0.688. The largest absolute Gasteiger partial charge is 0.633 e. The van der Waals surface area contributed by atoms with Crippen LogP contribution in [0.1, 0.15) is 31.2 Å². The minimum Gasteiger partial charge on any atom is -0.633 e. The van der Waals surface area contributed by atoms with Gasteiger partial charge in [-0.1, -0.05) is 0 Å². The Morgan fingerprint density at radius 3 is 2.33 bits per heavy atom. The smallest absolute Gasteiger partial charge is 0.175 e. The standard InChI is InChI=1S/C14H20FNO3S.ClH/c1-3-16(17)6-4-11(5-7-16)12-8-13(15)10-14(9-12)20(2,18)19;/h8-11H,3-7H2,1-2H3;1H. The second kappa shape index (κ2) is 6.60. The van der Waals surface area contributed by atoms with Crippen molar-refractivity contribution in [1.29, 1.82) is 0 Å². The first kappa shape index (κ1) is 18.4. The molecule has 0 aliphatic carbocycles. The summed E-state index contributed by atoms with van der Waals surface area (Å²) in [4.78, 5) is 0.0106. The molecule has 1 heterocycles. The van der Waals surface area contributed by atoms with Gasteiger partial charge < -0.3 is 9.85 Å². The van der Waals surface area contributed by atoms with Crippen LogP contribution < -0.4 is 0 Å². The number of benzene rings is 1. The molecule has 1 aromatic carbocycles. The monoisotopic (exact) mass is 337 g/mol. The first-order valence-corrected chi connectivity index (χ1v) is 8.70. The lowest BCUT2D eigenvalue weighted by Gasteiger charge is -2.46. The molecule has 21 heavy (non-hydrogen) atoms. The summed E-state index contributed by atoms with van der Waals surface area (Å²) < 4.78 is 36.5. The van der Waals surface area contributed by atoms with Gasteiger partial charge in [-0.3, -0.25) is 0 Å². The van der Waals surface area contributed by atoms with Gasteiger partial charge in [0.1, 0.15) is 5.82 Å². The molecular weight excluding hydrogens is 317 g/mol. The van der Waals surface area contributed by atoms with Crippen molar-refractivity contribution in [2.45, 2.75) is 30.6 Å². The minimum atomic E-state index is -3.42. The van der Waals surface area contributed by atoms with Crippen molar-refractivity contribution in [3.8, 4) is 0 Å². The molecule has 0 N–H and O–H groups in total. The third kappa shape index (κ3) is 4.39. The van der Waals surface area contributed by atoms with Crippen LogP contribution >= 0.6 is 12.4 Å². The quantitative estimate of drug-likeness (QED) is 0.629. The summed E-state index contributed by atoms with van der Waals surface area (Å²) in [5, 5.41) is 12.1. The van der Waals surface area contributed by atoms with Crippen LogP contribution in [-0.2, 0) is 9.84 Å². The Bertz CT molecular complexity index is 598. The van der Waals surface area contributed by atoms with Gasteiger partial charge in [0.15, 0.2) is 9.84 Å². The van der Waals surface area contributed by atoms with Crippen LogP contribution in [0.25, 0.3) is 0 Å². The van der Waals surface area contributed by atoms with Gasteiger partial charge in [0, 0.05) is 19.1 Å². The van der Waals surface area contributed by atoms with E-state index in [1.807, 2.05) is 6.92 Å². The molecule has 0 unspecified atom stereocenters. The zero-order chi connectivity index (χ0) is 15.0. The Morgan fingerprint density at radius 2 is 1.86 bits per heavy atom. The van der Waals surface area contributed by atoms with Gasteiger partial charge in [0.25, 0.3) is 0 Å². The number of rotatable bonds is 3. The Hall–Kier alpha value is -0.690. The zero-order valence-electron chi connectivity index (χ0n) is 12.2. The highest BCUT2D eigenvalue weighted by atomic mass is 35.5. The van der Waals surface area contributed by atoms with Crippen molar-refractivity contribution in [3.05, 3.63) is 34.8 Å². The lowest BCUT2D eigenvalue weighted by Crippen LogP contribution is -2.47. The van der Waals surface area contributed by atoms with Crippen LogP contribution in [0.3, 0.4) is 0 Å². The summed E-state index contributed by atoms with van der Waals surface area (Å²) in [6, 6.07) is 3.97. The van der Waals surface area contributed by atoms with Gasteiger partial charge in [0.05, 0.1) is 24.5 Å². The molecule has 7 heteroatoms. The topological polar surface area (TPSA) is 57.2 Å². The van der Waals surface area contributed by atoms with E-state index >= 15 is 0 Å². The normalized spacial score (nSPS) is 26.2. The van der Waals surface area contributed by atoms with Crippen molar-refractivity contribution in [2.24, 2.45) is 0 Å². The van der Waals surface area contributed by atoms with Crippen LogP contribution in [0.4, 0.5) is 4.39 Å². The Kier molecular flexibility index (Phi) is 5.77. The molecule has 1 aromatic rings. The van der Waals surface area contributed by atoms with Crippen molar-refractivity contribution >= 4 is 22.2 Å². The third-order valence-corrected chi connectivity index (χ3v) is 5.23. The summed E-state index contributed by atoms with van der Waals surface area (Å²) in [6.45, 7) is 3.43.